The smallest absolute Gasteiger partial charge is 0.184 e. The second-order valence-electron chi connectivity index (χ2n) is 4.72. The number of nitrogen functional groups attached to an aromatic ring is 1. The molecule has 0 aromatic heterocycles. The summed E-state index contributed by atoms with van der Waals surface area (Å²) >= 11 is 0. The summed E-state index contributed by atoms with van der Waals surface area (Å²) in [6.07, 6.45) is 2.31. The van der Waals surface area contributed by atoms with Crippen molar-refractivity contribution in [3.63, 3.8) is 0 Å². The summed E-state index contributed by atoms with van der Waals surface area (Å²) in [6.45, 7) is 7.65. The topological polar surface area (TPSA) is 58.3 Å². The standard InChI is InChI=1S/C12H16F2N2O.C2H4/c1-7-5-8(15)11(10(14)9(7)13)16-6-12(17)3-2-4-12;1-2/h5,16-17H,2-4,6,15H2,1H3;1-2H2. The summed E-state index contributed by atoms with van der Waals surface area (Å²) in [6, 6.07) is 1.38. The molecule has 0 spiro atoms. The minimum Gasteiger partial charge on any atom is -0.397 e. The SMILES string of the molecule is C=C.Cc1cc(N)c(NCC2(O)CCC2)c(F)c1F. The van der Waals surface area contributed by atoms with E-state index in [9.17, 15) is 13.9 Å². The van der Waals surface area contributed by atoms with E-state index in [-0.39, 0.29) is 23.5 Å². The van der Waals surface area contributed by atoms with Crippen molar-refractivity contribution < 1.29 is 13.9 Å². The highest BCUT2D eigenvalue weighted by atomic mass is 19.2. The van der Waals surface area contributed by atoms with Gasteiger partial charge in [0.05, 0.1) is 17.0 Å². The number of hydrogen-bond donors (Lipinski definition) is 3. The van der Waals surface area contributed by atoms with Gasteiger partial charge in [-0.2, -0.15) is 0 Å². The van der Waals surface area contributed by atoms with Gasteiger partial charge in [0.15, 0.2) is 11.6 Å². The maximum Gasteiger partial charge on any atom is 0.184 e. The molecule has 4 N–H and O–H groups in total. The summed E-state index contributed by atoms with van der Waals surface area (Å²) in [5.74, 6) is -1.88. The normalized spacial score (nSPS) is 16.0. The maximum absolute atomic E-state index is 13.6. The fourth-order valence-electron chi connectivity index (χ4n) is 1.97. The summed E-state index contributed by atoms with van der Waals surface area (Å²) < 4.78 is 27.0. The van der Waals surface area contributed by atoms with Crippen molar-refractivity contribution in [2.75, 3.05) is 17.6 Å². The Morgan fingerprint density at radius 3 is 2.42 bits per heavy atom. The average molecular weight is 270 g/mol. The van der Waals surface area contributed by atoms with Gasteiger partial charge in [-0.25, -0.2) is 8.78 Å². The van der Waals surface area contributed by atoms with Crippen LogP contribution in [0, 0.1) is 18.6 Å². The number of nitrogens with two attached hydrogens (primary N) is 1. The zero-order chi connectivity index (χ0) is 14.6. The van der Waals surface area contributed by atoms with Gasteiger partial charge < -0.3 is 16.2 Å². The third-order valence-corrected chi connectivity index (χ3v) is 3.30. The average Bonchev–Trinajstić information content (AvgIpc) is 2.36. The van der Waals surface area contributed by atoms with Crippen molar-refractivity contribution in [3.8, 4) is 0 Å². The third kappa shape index (κ3) is 3.23. The lowest BCUT2D eigenvalue weighted by atomic mass is 9.80. The summed E-state index contributed by atoms with van der Waals surface area (Å²) in [4.78, 5) is 0. The van der Waals surface area contributed by atoms with Crippen molar-refractivity contribution in [2.45, 2.75) is 31.8 Å². The van der Waals surface area contributed by atoms with E-state index in [0.29, 0.717) is 12.8 Å². The Hall–Kier alpha value is -1.62. The van der Waals surface area contributed by atoms with Gasteiger partial charge in [0, 0.05) is 6.54 Å². The zero-order valence-corrected chi connectivity index (χ0v) is 11.1. The second kappa shape index (κ2) is 6.02. The Morgan fingerprint density at radius 2 is 1.95 bits per heavy atom. The van der Waals surface area contributed by atoms with Gasteiger partial charge in [0.2, 0.25) is 0 Å². The third-order valence-electron chi connectivity index (χ3n) is 3.30. The van der Waals surface area contributed by atoms with Crippen LogP contribution in [0.4, 0.5) is 20.2 Å². The summed E-state index contributed by atoms with van der Waals surface area (Å²) in [5.41, 5.74) is 5.09. The molecular weight excluding hydrogens is 250 g/mol. The Bertz CT molecular complexity index is 459. The number of halogens is 2. The van der Waals surface area contributed by atoms with Gasteiger partial charge in [-0.3, -0.25) is 0 Å². The molecule has 3 nitrogen and oxygen atoms in total. The van der Waals surface area contributed by atoms with Crippen LogP contribution in [0.15, 0.2) is 19.2 Å². The van der Waals surface area contributed by atoms with E-state index in [4.69, 9.17) is 5.73 Å². The van der Waals surface area contributed by atoms with Crippen molar-refractivity contribution in [1.82, 2.24) is 0 Å². The molecule has 0 radical (unpaired) electrons. The molecule has 0 atom stereocenters. The molecule has 0 amide bonds. The minimum atomic E-state index is -0.981. The highest BCUT2D eigenvalue weighted by molar-refractivity contribution is 5.68. The van der Waals surface area contributed by atoms with E-state index in [0.717, 1.165) is 6.42 Å². The Morgan fingerprint density at radius 1 is 1.37 bits per heavy atom. The summed E-state index contributed by atoms with van der Waals surface area (Å²) in [5, 5.41) is 12.6. The number of nitrogens with one attached hydrogen (secondary N) is 1. The molecule has 1 aromatic carbocycles. The predicted octanol–water partition coefficient (Wildman–Crippen LogP) is 2.98. The molecular formula is C14H20F2N2O. The lowest BCUT2D eigenvalue weighted by Crippen LogP contribution is -2.43. The molecule has 0 saturated heterocycles. The molecule has 0 heterocycles. The van der Waals surface area contributed by atoms with E-state index in [1.54, 1.807) is 0 Å². The lowest BCUT2D eigenvalue weighted by molar-refractivity contribution is -0.0202. The van der Waals surface area contributed by atoms with Gasteiger partial charge >= 0.3 is 0 Å². The lowest BCUT2D eigenvalue weighted by Gasteiger charge is -2.37. The van der Waals surface area contributed by atoms with Gasteiger partial charge in [-0.15, -0.1) is 13.2 Å². The molecule has 0 unspecified atom stereocenters. The monoisotopic (exact) mass is 270 g/mol. The van der Waals surface area contributed by atoms with Crippen LogP contribution in [0.1, 0.15) is 24.8 Å². The van der Waals surface area contributed by atoms with E-state index in [1.807, 2.05) is 0 Å². The van der Waals surface area contributed by atoms with Gasteiger partial charge in [0.25, 0.3) is 0 Å². The Labute approximate surface area is 112 Å². The molecule has 1 saturated carbocycles. The van der Waals surface area contributed by atoms with Crippen LogP contribution < -0.4 is 11.1 Å². The molecule has 1 aromatic rings. The predicted molar refractivity (Wildman–Crippen MR) is 74.1 cm³/mol. The minimum absolute atomic E-state index is 0.0616. The molecule has 106 valence electrons. The van der Waals surface area contributed by atoms with E-state index >= 15 is 0 Å². The van der Waals surface area contributed by atoms with E-state index in [1.165, 1.54) is 13.0 Å². The van der Waals surface area contributed by atoms with Crippen molar-refractivity contribution in [3.05, 3.63) is 36.4 Å². The first-order valence-corrected chi connectivity index (χ1v) is 6.13. The highest BCUT2D eigenvalue weighted by Crippen LogP contribution is 2.33. The maximum atomic E-state index is 13.6. The van der Waals surface area contributed by atoms with Crippen LogP contribution in [-0.4, -0.2) is 17.3 Å². The number of benzene rings is 1. The molecule has 1 aliphatic carbocycles. The van der Waals surface area contributed by atoms with Crippen LogP contribution in [-0.2, 0) is 0 Å². The van der Waals surface area contributed by atoms with Crippen LogP contribution >= 0.6 is 0 Å². The number of aryl methyl sites for hydroxylation is 1. The Kier molecular flexibility index (Phi) is 4.89. The first-order valence-electron chi connectivity index (χ1n) is 6.13. The van der Waals surface area contributed by atoms with Crippen LogP contribution in [0.2, 0.25) is 0 Å². The van der Waals surface area contributed by atoms with Gasteiger partial charge in [0.1, 0.15) is 0 Å². The molecule has 1 fully saturated rings. The second-order valence-corrected chi connectivity index (χ2v) is 4.72. The quantitative estimate of drug-likeness (QED) is 0.584. The van der Waals surface area contributed by atoms with Crippen molar-refractivity contribution >= 4 is 11.4 Å². The molecule has 2 rings (SSSR count). The van der Waals surface area contributed by atoms with Gasteiger partial charge in [-0.1, -0.05) is 0 Å². The van der Waals surface area contributed by atoms with E-state index < -0.39 is 17.2 Å². The van der Waals surface area contributed by atoms with Crippen molar-refractivity contribution in [2.24, 2.45) is 0 Å². The van der Waals surface area contributed by atoms with Crippen LogP contribution in [0.5, 0.6) is 0 Å². The van der Waals surface area contributed by atoms with Gasteiger partial charge in [-0.05, 0) is 37.8 Å². The molecule has 0 aliphatic heterocycles. The highest BCUT2D eigenvalue weighted by Gasteiger charge is 2.34. The van der Waals surface area contributed by atoms with Crippen LogP contribution in [0.3, 0.4) is 0 Å². The number of rotatable bonds is 3. The largest absolute Gasteiger partial charge is 0.397 e. The zero-order valence-electron chi connectivity index (χ0n) is 11.1. The molecule has 1 aliphatic rings. The number of anilines is 2. The van der Waals surface area contributed by atoms with Crippen LogP contribution in [0.25, 0.3) is 0 Å². The number of aliphatic hydroxyl groups is 1. The molecule has 19 heavy (non-hydrogen) atoms. The number of hydrogen-bond acceptors (Lipinski definition) is 3. The molecule has 0 bridgehead atoms. The summed E-state index contributed by atoms with van der Waals surface area (Å²) in [7, 11) is 0. The Balaban J connectivity index is 0.000000861. The van der Waals surface area contributed by atoms with Crippen molar-refractivity contribution in [1.29, 1.82) is 0 Å². The van der Waals surface area contributed by atoms with E-state index in [2.05, 4.69) is 18.5 Å². The first-order chi connectivity index (χ1) is 8.93. The molecule has 5 heteroatoms. The fraction of sp³-hybridized carbons (Fsp3) is 0.429. The fourth-order valence-corrected chi connectivity index (χ4v) is 1.97. The first kappa shape index (κ1) is 15.4.